The third-order valence-corrected chi connectivity index (χ3v) is 3.21. The molecule has 1 rings (SSSR count). The maximum absolute atomic E-state index is 6.16. The maximum Gasteiger partial charge on any atom is 0.0641 e. The van der Waals surface area contributed by atoms with E-state index < -0.39 is 0 Å². The van der Waals surface area contributed by atoms with Gasteiger partial charge in [0.2, 0.25) is 0 Å². The molecule has 0 radical (unpaired) electrons. The fourth-order valence-corrected chi connectivity index (χ4v) is 1.63. The first-order chi connectivity index (χ1) is 8.08. The summed E-state index contributed by atoms with van der Waals surface area (Å²) in [5.41, 5.74) is 2.93. The van der Waals surface area contributed by atoms with Crippen LogP contribution in [-0.4, -0.2) is 6.21 Å². The molecule has 0 aromatic heterocycles. The van der Waals surface area contributed by atoms with Crippen LogP contribution in [0.25, 0.3) is 5.70 Å². The van der Waals surface area contributed by atoms with Crippen LogP contribution in [0.5, 0.6) is 0 Å². The zero-order chi connectivity index (χ0) is 12.8. The van der Waals surface area contributed by atoms with E-state index in [9.17, 15) is 0 Å². The van der Waals surface area contributed by atoms with E-state index in [0.717, 1.165) is 24.1 Å². The van der Waals surface area contributed by atoms with Crippen molar-refractivity contribution in [2.75, 3.05) is 0 Å². The molecule has 0 heterocycles. The molecule has 0 saturated heterocycles. The normalized spacial score (nSPS) is 12.9. The quantitative estimate of drug-likeness (QED) is 0.652. The lowest BCUT2D eigenvalue weighted by Gasteiger charge is -2.07. The summed E-state index contributed by atoms with van der Waals surface area (Å²) in [6.45, 7) is 10.4. The number of halogens is 1. The molecule has 0 spiro atoms. The lowest BCUT2D eigenvalue weighted by molar-refractivity contribution is 0.755. The molecule has 92 valence electrons. The Bertz CT molecular complexity index is 421. The first kappa shape index (κ1) is 14.0. The molecule has 0 aliphatic carbocycles. The van der Waals surface area contributed by atoms with Crippen LogP contribution in [0.3, 0.4) is 0 Å². The number of aliphatic imine (C=N–C) groups is 1. The van der Waals surface area contributed by atoms with E-state index in [1.165, 1.54) is 5.56 Å². The van der Waals surface area contributed by atoms with E-state index in [2.05, 4.69) is 38.4 Å². The number of hydrogen-bond donors (Lipinski definition) is 0. The van der Waals surface area contributed by atoms with Crippen molar-refractivity contribution < 1.29 is 0 Å². The highest BCUT2D eigenvalue weighted by molar-refractivity contribution is 6.32. The van der Waals surface area contributed by atoms with Crippen LogP contribution in [0.15, 0.2) is 29.8 Å². The Morgan fingerprint density at radius 2 is 2.18 bits per heavy atom. The highest BCUT2D eigenvalue weighted by Gasteiger charge is 2.04. The molecule has 0 N–H and O–H groups in total. The highest BCUT2D eigenvalue weighted by Crippen LogP contribution is 2.25. The van der Waals surface area contributed by atoms with Crippen molar-refractivity contribution in [1.82, 2.24) is 0 Å². The van der Waals surface area contributed by atoms with Crippen LogP contribution in [0, 0.1) is 5.92 Å². The molecule has 0 bridgehead atoms. The fraction of sp³-hybridized carbons (Fsp3) is 0.400. The van der Waals surface area contributed by atoms with Gasteiger partial charge in [0.05, 0.1) is 5.70 Å². The SMILES string of the molecule is C=C(/N=C\C(C)CC)c1cc(CC)ccc1Cl. The summed E-state index contributed by atoms with van der Waals surface area (Å²) >= 11 is 6.16. The Morgan fingerprint density at radius 3 is 2.76 bits per heavy atom. The van der Waals surface area contributed by atoms with Gasteiger partial charge in [0.25, 0.3) is 0 Å². The topological polar surface area (TPSA) is 12.4 Å². The Balaban J connectivity index is 2.92. The van der Waals surface area contributed by atoms with Gasteiger partial charge in [-0.05, 0) is 36.5 Å². The molecule has 1 aromatic rings. The smallest absolute Gasteiger partial charge is 0.0641 e. The van der Waals surface area contributed by atoms with Crippen LogP contribution >= 0.6 is 11.6 Å². The monoisotopic (exact) mass is 249 g/mol. The highest BCUT2D eigenvalue weighted by atomic mass is 35.5. The molecule has 0 aliphatic heterocycles. The molecule has 0 amide bonds. The summed E-state index contributed by atoms with van der Waals surface area (Å²) in [6, 6.07) is 6.02. The second kappa shape index (κ2) is 6.61. The number of hydrogen-bond acceptors (Lipinski definition) is 1. The van der Waals surface area contributed by atoms with E-state index in [1.807, 2.05) is 18.3 Å². The van der Waals surface area contributed by atoms with E-state index >= 15 is 0 Å². The standard InChI is InChI=1S/C15H20ClN/c1-5-11(3)10-17-12(4)14-9-13(6-2)7-8-15(14)16/h7-11H,4-6H2,1-3H3/b17-10-. The van der Waals surface area contributed by atoms with Crippen molar-refractivity contribution in [2.24, 2.45) is 10.9 Å². The first-order valence-corrected chi connectivity index (χ1v) is 6.48. The number of rotatable bonds is 5. The second-order valence-electron chi connectivity index (χ2n) is 4.28. The summed E-state index contributed by atoms with van der Waals surface area (Å²) in [5, 5.41) is 0.716. The molecule has 0 saturated carbocycles. The van der Waals surface area contributed by atoms with Gasteiger partial charge < -0.3 is 0 Å². The molecule has 0 aliphatic rings. The molecule has 1 atom stereocenters. The minimum Gasteiger partial charge on any atom is -0.261 e. The van der Waals surface area contributed by atoms with Gasteiger partial charge in [0.15, 0.2) is 0 Å². The summed E-state index contributed by atoms with van der Waals surface area (Å²) in [5.74, 6) is 0.472. The zero-order valence-corrected chi connectivity index (χ0v) is 11.6. The van der Waals surface area contributed by atoms with Crippen molar-refractivity contribution in [3.05, 3.63) is 40.9 Å². The maximum atomic E-state index is 6.16. The van der Waals surface area contributed by atoms with Crippen LogP contribution in [0.4, 0.5) is 0 Å². The average Bonchev–Trinajstić information content (AvgIpc) is 2.36. The molecular weight excluding hydrogens is 230 g/mol. The number of benzene rings is 1. The summed E-state index contributed by atoms with van der Waals surface area (Å²) < 4.78 is 0. The number of aryl methyl sites for hydroxylation is 1. The van der Waals surface area contributed by atoms with Crippen LogP contribution in [0.2, 0.25) is 5.02 Å². The van der Waals surface area contributed by atoms with Crippen molar-refractivity contribution in [2.45, 2.75) is 33.6 Å². The van der Waals surface area contributed by atoms with Crippen molar-refractivity contribution in [3.63, 3.8) is 0 Å². The van der Waals surface area contributed by atoms with E-state index in [-0.39, 0.29) is 0 Å². The van der Waals surface area contributed by atoms with E-state index in [4.69, 9.17) is 11.6 Å². The predicted octanol–water partition coefficient (Wildman–Crippen LogP) is 4.99. The van der Waals surface area contributed by atoms with Gasteiger partial charge in [-0.2, -0.15) is 0 Å². The summed E-state index contributed by atoms with van der Waals surface area (Å²) in [7, 11) is 0. The third-order valence-electron chi connectivity index (χ3n) is 2.88. The summed E-state index contributed by atoms with van der Waals surface area (Å²) in [6.07, 6.45) is 4.02. The molecule has 17 heavy (non-hydrogen) atoms. The predicted molar refractivity (Wildman–Crippen MR) is 77.8 cm³/mol. The van der Waals surface area contributed by atoms with Gasteiger partial charge in [-0.1, -0.05) is 45.0 Å². The fourth-order valence-electron chi connectivity index (χ4n) is 1.41. The summed E-state index contributed by atoms with van der Waals surface area (Å²) in [4.78, 5) is 4.40. The zero-order valence-electron chi connectivity index (χ0n) is 10.8. The van der Waals surface area contributed by atoms with Crippen LogP contribution in [-0.2, 0) is 6.42 Å². The molecular formula is C15H20ClN. The molecule has 2 heteroatoms. The van der Waals surface area contributed by atoms with Gasteiger partial charge >= 0.3 is 0 Å². The van der Waals surface area contributed by atoms with Gasteiger partial charge in [-0.25, -0.2) is 0 Å². The Morgan fingerprint density at radius 1 is 1.47 bits per heavy atom. The van der Waals surface area contributed by atoms with Gasteiger partial charge in [-0.3, -0.25) is 4.99 Å². The third kappa shape index (κ3) is 4.01. The van der Waals surface area contributed by atoms with Gasteiger partial charge in [0.1, 0.15) is 0 Å². The molecule has 1 aromatic carbocycles. The lowest BCUT2D eigenvalue weighted by Crippen LogP contribution is -1.93. The first-order valence-electron chi connectivity index (χ1n) is 6.10. The minimum atomic E-state index is 0.472. The van der Waals surface area contributed by atoms with Crippen molar-refractivity contribution >= 4 is 23.5 Å². The Kier molecular flexibility index (Phi) is 5.43. The van der Waals surface area contributed by atoms with Crippen molar-refractivity contribution in [3.8, 4) is 0 Å². The van der Waals surface area contributed by atoms with Gasteiger partial charge in [0, 0.05) is 16.8 Å². The average molecular weight is 250 g/mol. The van der Waals surface area contributed by atoms with Crippen LogP contribution in [0.1, 0.15) is 38.3 Å². The molecule has 0 fully saturated rings. The lowest BCUT2D eigenvalue weighted by atomic mass is 10.1. The minimum absolute atomic E-state index is 0.472. The van der Waals surface area contributed by atoms with Crippen molar-refractivity contribution in [1.29, 1.82) is 0 Å². The largest absolute Gasteiger partial charge is 0.261 e. The molecule has 1 nitrogen and oxygen atoms in total. The van der Waals surface area contributed by atoms with E-state index in [1.54, 1.807) is 0 Å². The Labute approximate surface area is 109 Å². The van der Waals surface area contributed by atoms with Crippen LogP contribution < -0.4 is 0 Å². The molecule has 1 unspecified atom stereocenters. The number of nitrogens with zero attached hydrogens (tertiary/aromatic N) is 1. The van der Waals surface area contributed by atoms with Gasteiger partial charge in [-0.15, -0.1) is 0 Å². The Hall–Kier alpha value is -1.08. The second-order valence-corrected chi connectivity index (χ2v) is 4.69. The van der Waals surface area contributed by atoms with E-state index in [0.29, 0.717) is 10.9 Å².